The minimum atomic E-state index is -0.474. The molecule has 0 aromatic carbocycles. The van der Waals surface area contributed by atoms with Gasteiger partial charge in [0.1, 0.15) is 19.8 Å². The van der Waals surface area contributed by atoms with E-state index in [1.54, 1.807) is 0 Å². The van der Waals surface area contributed by atoms with E-state index in [1.807, 2.05) is 20.8 Å². The van der Waals surface area contributed by atoms with Gasteiger partial charge in [0.25, 0.3) is 0 Å². The molecule has 0 spiro atoms. The number of ether oxygens (including phenoxy) is 6. The molecular formula is C27H42O9. The summed E-state index contributed by atoms with van der Waals surface area (Å²) < 4.78 is 32.9. The van der Waals surface area contributed by atoms with Crippen molar-refractivity contribution in [2.24, 2.45) is 17.8 Å². The molecule has 1 aliphatic rings. The Morgan fingerprint density at radius 2 is 0.833 bits per heavy atom. The van der Waals surface area contributed by atoms with E-state index in [-0.39, 0.29) is 55.9 Å². The first-order valence-electron chi connectivity index (χ1n) is 12.4. The molecule has 0 radical (unpaired) electrons. The van der Waals surface area contributed by atoms with Gasteiger partial charge in [0.2, 0.25) is 0 Å². The second-order valence-electron chi connectivity index (χ2n) is 8.83. The van der Waals surface area contributed by atoms with E-state index < -0.39 is 17.9 Å². The second-order valence-corrected chi connectivity index (χ2v) is 8.83. The lowest BCUT2D eigenvalue weighted by Crippen LogP contribution is -2.40. The second kappa shape index (κ2) is 17.9. The van der Waals surface area contributed by atoms with Crippen LogP contribution in [0.15, 0.2) is 38.0 Å². The van der Waals surface area contributed by atoms with Crippen molar-refractivity contribution in [3.05, 3.63) is 38.0 Å². The van der Waals surface area contributed by atoms with Crippen molar-refractivity contribution in [3.63, 3.8) is 0 Å². The molecule has 0 heterocycles. The largest absolute Gasteiger partial charge is 0.460 e. The number of esters is 3. The Balaban J connectivity index is 2.69. The zero-order chi connectivity index (χ0) is 26.9. The summed E-state index contributed by atoms with van der Waals surface area (Å²) in [6, 6.07) is 0. The molecule has 204 valence electrons. The Morgan fingerprint density at radius 3 is 1.06 bits per heavy atom. The zero-order valence-corrected chi connectivity index (χ0v) is 21.9. The van der Waals surface area contributed by atoms with E-state index in [1.165, 1.54) is 0 Å². The van der Waals surface area contributed by atoms with Crippen molar-refractivity contribution in [2.45, 2.75) is 58.3 Å². The first kappa shape index (κ1) is 31.5. The van der Waals surface area contributed by atoms with Crippen LogP contribution in [0.2, 0.25) is 0 Å². The minimum Gasteiger partial charge on any atom is -0.460 e. The predicted molar refractivity (Wildman–Crippen MR) is 134 cm³/mol. The number of carbonyl (C=O) groups excluding carboxylic acids is 3. The smallest absolute Gasteiger partial charge is 0.330 e. The first-order chi connectivity index (χ1) is 17.2. The maximum atomic E-state index is 11.2. The molecule has 1 saturated carbocycles. The molecule has 1 aliphatic carbocycles. The van der Waals surface area contributed by atoms with E-state index in [2.05, 4.69) is 19.7 Å². The van der Waals surface area contributed by atoms with Crippen LogP contribution < -0.4 is 0 Å². The lowest BCUT2D eigenvalue weighted by Gasteiger charge is -2.41. The quantitative estimate of drug-likeness (QED) is 0.119. The monoisotopic (exact) mass is 510 g/mol. The van der Waals surface area contributed by atoms with Gasteiger partial charge in [-0.05, 0) is 57.8 Å². The van der Waals surface area contributed by atoms with E-state index in [0.29, 0.717) is 19.8 Å². The Bertz CT molecular complexity index is 619. The molecule has 3 unspecified atom stereocenters. The summed E-state index contributed by atoms with van der Waals surface area (Å²) in [5.41, 5.74) is 0. The maximum Gasteiger partial charge on any atom is 0.330 e. The summed E-state index contributed by atoms with van der Waals surface area (Å²) in [6.45, 7) is 17.6. The fourth-order valence-electron chi connectivity index (χ4n) is 4.32. The molecule has 9 heteroatoms. The molecular weight excluding hydrogens is 468 g/mol. The van der Waals surface area contributed by atoms with E-state index in [9.17, 15) is 14.4 Å². The molecule has 0 N–H and O–H groups in total. The molecule has 0 amide bonds. The van der Waals surface area contributed by atoms with Crippen LogP contribution in [0.1, 0.15) is 40.0 Å². The lowest BCUT2D eigenvalue weighted by atomic mass is 9.70. The fraction of sp³-hybridized carbons (Fsp3) is 0.667. The van der Waals surface area contributed by atoms with Gasteiger partial charge in [-0.25, -0.2) is 14.4 Å². The molecule has 1 rings (SSSR count). The lowest BCUT2D eigenvalue weighted by molar-refractivity contribution is -0.140. The highest BCUT2D eigenvalue weighted by atomic mass is 16.6. The average Bonchev–Trinajstić information content (AvgIpc) is 2.89. The van der Waals surface area contributed by atoms with Gasteiger partial charge >= 0.3 is 17.9 Å². The first-order valence-corrected chi connectivity index (χ1v) is 12.4. The van der Waals surface area contributed by atoms with Gasteiger partial charge in [-0.1, -0.05) is 19.7 Å². The molecule has 0 aromatic heterocycles. The summed E-state index contributed by atoms with van der Waals surface area (Å²) >= 11 is 0. The standard InChI is InChI=1S/C27H42O9/c1-7-25(28)34-13-10-31-19(4)22-16-23(20(5)32-11-14-35-26(29)8-2)18-24(17-22)21(6)33-12-15-36-27(30)9-3/h7-9,19-24H,1-3,10-18H2,4-6H3. The van der Waals surface area contributed by atoms with Crippen LogP contribution in [0.5, 0.6) is 0 Å². The van der Waals surface area contributed by atoms with Gasteiger partial charge in [0, 0.05) is 18.2 Å². The van der Waals surface area contributed by atoms with Crippen LogP contribution in [0, 0.1) is 17.8 Å². The highest BCUT2D eigenvalue weighted by molar-refractivity contribution is 5.81. The summed E-state index contributed by atoms with van der Waals surface area (Å²) in [5.74, 6) is -0.676. The molecule has 0 saturated heterocycles. The highest BCUT2D eigenvalue weighted by Gasteiger charge is 2.37. The van der Waals surface area contributed by atoms with Gasteiger partial charge in [-0.2, -0.15) is 0 Å². The van der Waals surface area contributed by atoms with Gasteiger partial charge in [-0.15, -0.1) is 0 Å². The van der Waals surface area contributed by atoms with Gasteiger partial charge in [-0.3, -0.25) is 0 Å². The molecule has 0 bridgehead atoms. The SMILES string of the molecule is C=CC(=O)OCCOC(C)C1CC(C(C)OCCOC(=O)C=C)CC(C(C)OCCOC(=O)C=C)C1. The summed E-state index contributed by atoms with van der Waals surface area (Å²) in [7, 11) is 0. The molecule has 1 fully saturated rings. The Morgan fingerprint density at radius 1 is 0.583 bits per heavy atom. The van der Waals surface area contributed by atoms with Crippen molar-refractivity contribution >= 4 is 17.9 Å². The van der Waals surface area contributed by atoms with Crippen molar-refractivity contribution in [1.82, 2.24) is 0 Å². The molecule has 0 aromatic rings. The van der Waals surface area contributed by atoms with Crippen LogP contribution in [-0.4, -0.2) is 75.9 Å². The maximum absolute atomic E-state index is 11.2. The highest BCUT2D eigenvalue weighted by Crippen LogP contribution is 2.40. The third-order valence-corrected chi connectivity index (χ3v) is 6.43. The van der Waals surface area contributed by atoms with Crippen LogP contribution in [0.3, 0.4) is 0 Å². The van der Waals surface area contributed by atoms with Gasteiger partial charge in [0.15, 0.2) is 0 Å². The van der Waals surface area contributed by atoms with Crippen molar-refractivity contribution in [2.75, 3.05) is 39.6 Å². The summed E-state index contributed by atoms with van der Waals surface area (Å²) in [5, 5.41) is 0. The van der Waals surface area contributed by atoms with Crippen molar-refractivity contribution in [1.29, 1.82) is 0 Å². The van der Waals surface area contributed by atoms with Crippen LogP contribution in [-0.2, 0) is 42.8 Å². The average molecular weight is 511 g/mol. The molecule has 3 atom stereocenters. The van der Waals surface area contributed by atoms with Crippen LogP contribution >= 0.6 is 0 Å². The van der Waals surface area contributed by atoms with Crippen molar-refractivity contribution < 1.29 is 42.8 Å². The normalized spacial score (nSPS) is 21.9. The third-order valence-electron chi connectivity index (χ3n) is 6.43. The molecule has 36 heavy (non-hydrogen) atoms. The fourth-order valence-corrected chi connectivity index (χ4v) is 4.32. The third kappa shape index (κ3) is 12.5. The van der Waals surface area contributed by atoms with E-state index in [0.717, 1.165) is 37.5 Å². The molecule has 0 aliphatic heterocycles. The summed E-state index contributed by atoms with van der Waals surface area (Å²) in [4.78, 5) is 33.7. The topological polar surface area (TPSA) is 107 Å². The van der Waals surface area contributed by atoms with Gasteiger partial charge < -0.3 is 28.4 Å². The zero-order valence-electron chi connectivity index (χ0n) is 21.9. The summed E-state index contributed by atoms with van der Waals surface area (Å²) in [6.07, 6.45) is 5.92. The Labute approximate surface area is 214 Å². The van der Waals surface area contributed by atoms with Crippen LogP contribution in [0.4, 0.5) is 0 Å². The Kier molecular flexibility index (Phi) is 15.6. The minimum absolute atomic E-state index is 0.0563. The van der Waals surface area contributed by atoms with Crippen LogP contribution in [0.25, 0.3) is 0 Å². The number of carbonyl (C=O) groups is 3. The van der Waals surface area contributed by atoms with Crippen molar-refractivity contribution in [3.8, 4) is 0 Å². The predicted octanol–water partition coefficient (Wildman–Crippen LogP) is 3.42. The van der Waals surface area contributed by atoms with E-state index in [4.69, 9.17) is 28.4 Å². The molecule has 9 nitrogen and oxygen atoms in total. The Hall–Kier alpha value is -2.49. The number of rotatable bonds is 18. The van der Waals surface area contributed by atoms with E-state index >= 15 is 0 Å². The van der Waals surface area contributed by atoms with Gasteiger partial charge in [0.05, 0.1) is 38.1 Å². The number of hydrogen-bond donors (Lipinski definition) is 0. The number of hydrogen-bond acceptors (Lipinski definition) is 9.